The van der Waals surface area contributed by atoms with E-state index >= 15 is 0 Å². The lowest BCUT2D eigenvalue weighted by Gasteiger charge is -2.19. The Hall–Kier alpha value is -6.06. The Balaban J connectivity index is 1.16. The number of carboxylic acid groups (broad SMARTS) is 1. The second-order valence-corrected chi connectivity index (χ2v) is 13.7. The summed E-state index contributed by atoms with van der Waals surface area (Å²) in [5, 5.41) is 27.2. The molecular weight excluding hydrogens is 665 g/mol. The van der Waals surface area contributed by atoms with Crippen molar-refractivity contribution in [3.8, 4) is 28.5 Å². The predicted octanol–water partition coefficient (Wildman–Crippen LogP) is 6.41. The number of aromatic nitrogens is 1. The molecule has 2 amide bonds. The van der Waals surface area contributed by atoms with Crippen LogP contribution >= 0.6 is 11.3 Å². The van der Waals surface area contributed by atoms with E-state index in [1.165, 1.54) is 23.5 Å². The van der Waals surface area contributed by atoms with Crippen LogP contribution in [0.3, 0.4) is 0 Å². The largest absolute Gasteiger partial charge is 0.478 e. The number of unbranched alkanes of at least 4 members (excludes halogenated alkanes) is 2. The molecule has 0 atom stereocenters. The highest BCUT2D eigenvalue weighted by Crippen LogP contribution is 2.42. The van der Waals surface area contributed by atoms with Crippen LogP contribution in [0, 0.1) is 11.3 Å². The van der Waals surface area contributed by atoms with E-state index < -0.39 is 5.97 Å². The summed E-state index contributed by atoms with van der Waals surface area (Å²) in [6.07, 6.45) is 2.37. The number of nitrogens with one attached hydrogen (secondary N) is 2. The number of hydrogen-bond acceptors (Lipinski definition) is 8. The molecule has 258 valence electrons. The van der Waals surface area contributed by atoms with Crippen LogP contribution in [-0.2, 0) is 4.79 Å². The van der Waals surface area contributed by atoms with E-state index in [1.54, 1.807) is 18.2 Å². The van der Waals surface area contributed by atoms with Crippen molar-refractivity contribution in [2.45, 2.75) is 25.7 Å². The highest BCUT2D eigenvalue weighted by Gasteiger charge is 2.24. The van der Waals surface area contributed by atoms with Gasteiger partial charge in [0.05, 0.1) is 21.8 Å². The van der Waals surface area contributed by atoms with Crippen molar-refractivity contribution < 1.29 is 23.9 Å². The first-order valence-electron chi connectivity index (χ1n) is 16.5. The summed E-state index contributed by atoms with van der Waals surface area (Å²) in [4.78, 5) is 44.6. The Bertz CT molecular complexity index is 2400. The van der Waals surface area contributed by atoms with Crippen LogP contribution in [0.25, 0.3) is 43.6 Å². The molecule has 0 bridgehead atoms. The van der Waals surface area contributed by atoms with Gasteiger partial charge in [-0.3, -0.25) is 9.59 Å². The van der Waals surface area contributed by atoms with E-state index in [1.807, 2.05) is 86.2 Å². The van der Waals surface area contributed by atoms with Gasteiger partial charge in [-0.25, -0.2) is 14.4 Å². The van der Waals surface area contributed by atoms with Gasteiger partial charge in [-0.05, 0) is 73.0 Å². The van der Waals surface area contributed by atoms with Gasteiger partial charge in [-0.15, -0.1) is 11.3 Å². The molecule has 3 aromatic carbocycles. The minimum atomic E-state index is -1.10. The third kappa shape index (κ3) is 7.59. The number of fused-ring (bicyclic) bond motifs is 3. The number of thiazole rings is 1. The lowest BCUT2D eigenvalue weighted by atomic mass is 9.89. The van der Waals surface area contributed by atoms with Crippen LogP contribution in [0.2, 0.25) is 0 Å². The van der Waals surface area contributed by atoms with Crippen LogP contribution in [0.5, 0.6) is 0 Å². The molecule has 11 nitrogen and oxygen atoms in total. The Morgan fingerprint density at radius 3 is 2.53 bits per heavy atom. The Morgan fingerprint density at radius 2 is 1.78 bits per heavy atom. The zero-order chi connectivity index (χ0) is 36.2. The summed E-state index contributed by atoms with van der Waals surface area (Å²) in [5.41, 5.74) is 5.13. The van der Waals surface area contributed by atoms with E-state index in [2.05, 4.69) is 15.6 Å². The first-order valence-corrected chi connectivity index (χ1v) is 17.3. The molecule has 2 heterocycles. The molecule has 0 spiro atoms. The van der Waals surface area contributed by atoms with E-state index in [9.17, 15) is 19.5 Å². The maximum atomic E-state index is 13.4. The van der Waals surface area contributed by atoms with Gasteiger partial charge in [0, 0.05) is 72.6 Å². The maximum absolute atomic E-state index is 13.4. The zero-order valence-electron chi connectivity index (χ0n) is 28.7. The Kier molecular flexibility index (Phi) is 10.1. The molecule has 0 saturated carbocycles. The normalized spacial score (nSPS) is 11.0. The second-order valence-electron chi connectivity index (χ2n) is 12.6. The number of carbonyl (C=O) groups excluding carboxylic acids is 2. The van der Waals surface area contributed by atoms with Crippen LogP contribution < -0.4 is 25.5 Å². The maximum Gasteiger partial charge on any atom is 0.336 e. The van der Waals surface area contributed by atoms with Crippen molar-refractivity contribution in [2.75, 3.05) is 45.0 Å². The zero-order valence-corrected chi connectivity index (χ0v) is 29.6. The van der Waals surface area contributed by atoms with E-state index in [4.69, 9.17) is 9.68 Å². The quantitative estimate of drug-likeness (QED) is 0.0797. The first-order chi connectivity index (χ1) is 24.5. The fraction of sp³-hybridized carbons (Fsp3) is 0.231. The van der Waals surface area contributed by atoms with Crippen molar-refractivity contribution in [1.29, 1.82) is 5.26 Å². The first kappa shape index (κ1) is 34.8. The average Bonchev–Trinajstić information content (AvgIpc) is 3.53. The lowest BCUT2D eigenvalue weighted by Crippen LogP contribution is -2.24. The third-order valence-electron chi connectivity index (χ3n) is 8.64. The number of hydrogen-bond donors (Lipinski definition) is 3. The van der Waals surface area contributed by atoms with E-state index in [0.717, 1.165) is 38.6 Å². The second kappa shape index (κ2) is 14.8. The van der Waals surface area contributed by atoms with Crippen molar-refractivity contribution >= 4 is 61.7 Å². The van der Waals surface area contributed by atoms with E-state index in [-0.39, 0.29) is 17.4 Å². The molecule has 1 aromatic heterocycles. The number of rotatable bonds is 11. The summed E-state index contributed by atoms with van der Waals surface area (Å²) in [6.45, 7) is 0.399. The molecule has 6 rings (SSSR count). The molecule has 51 heavy (non-hydrogen) atoms. The number of carboxylic acids is 1. The van der Waals surface area contributed by atoms with Crippen LogP contribution in [0.4, 0.5) is 11.4 Å². The van der Waals surface area contributed by atoms with Crippen LogP contribution in [-0.4, -0.2) is 62.6 Å². The number of anilines is 2. The van der Waals surface area contributed by atoms with Gasteiger partial charge >= 0.3 is 5.97 Å². The highest BCUT2D eigenvalue weighted by atomic mass is 32.1. The number of carbonyl (C=O) groups is 3. The van der Waals surface area contributed by atoms with Gasteiger partial charge in [-0.2, -0.15) is 5.26 Å². The van der Waals surface area contributed by atoms with Gasteiger partial charge in [0.2, 0.25) is 11.3 Å². The van der Waals surface area contributed by atoms with Crippen LogP contribution in [0.15, 0.2) is 77.2 Å². The number of benzene rings is 4. The molecule has 12 heteroatoms. The highest BCUT2D eigenvalue weighted by molar-refractivity contribution is 7.19. The SMILES string of the molecule is CN(C)c1ccc2c(-c3cc(C(=O)NCCCCCC(=O)Nc4ccc5nc(C#N)sc5c4)ccc3C(=O)O)c3ccc(=[N+](C)C)cc-3oc2c1. The molecule has 2 aliphatic rings. The summed E-state index contributed by atoms with van der Waals surface area (Å²) in [7, 11) is 7.76. The molecule has 0 fully saturated rings. The average molecular weight is 702 g/mol. The van der Waals surface area contributed by atoms with Gasteiger partial charge in [0.1, 0.15) is 31.5 Å². The van der Waals surface area contributed by atoms with Gasteiger partial charge < -0.3 is 25.1 Å². The van der Waals surface area contributed by atoms with Crippen molar-refractivity contribution in [1.82, 2.24) is 14.9 Å². The molecule has 0 radical (unpaired) electrons. The predicted molar refractivity (Wildman–Crippen MR) is 200 cm³/mol. The van der Waals surface area contributed by atoms with Crippen molar-refractivity contribution in [3.05, 3.63) is 94.3 Å². The molecule has 3 N–H and O–H groups in total. The number of nitriles is 1. The Labute approximate surface area is 298 Å². The summed E-state index contributed by atoms with van der Waals surface area (Å²) in [6, 6.07) is 23.7. The summed E-state index contributed by atoms with van der Waals surface area (Å²) >= 11 is 1.28. The molecule has 4 aromatic rings. The summed E-state index contributed by atoms with van der Waals surface area (Å²) < 4.78 is 9.20. The number of nitrogens with zero attached hydrogens (tertiary/aromatic N) is 4. The number of amides is 2. The van der Waals surface area contributed by atoms with Crippen molar-refractivity contribution in [2.24, 2.45) is 0 Å². The smallest absolute Gasteiger partial charge is 0.336 e. The topological polar surface area (TPSA) is 152 Å². The van der Waals surface area contributed by atoms with Gasteiger partial charge in [0.15, 0.2) is 5.01 Å². The molecule has 1 aliphatic carbocycles. The fourth-order valence-electron chi connectivity index (χ4n) is 5.96. The minimum Gasteiger partial charge on any atom is -0.478 e. The van der Waals surface area contributed by atoms with Crippen molar-refractivity contribution in [3.63, 3.8) is 0 Å². The molecule has 0 unspecified atom stereocenters. The molecular formula is C39H37N6O5S+. The monoisotopic (exact) mass is 701 g/mol. The molecule has 1 aliphatic heterocycles. The summed E-state index contributed by atoms with van der Waals surface area (Å²) in [5.74, 6) is -0.938. The van der Waals surface area contributed by atoms with E-state index in [0.29, 0.717) is 64.5 Å². The minimum absolute atomic E-state index is 0.0749. The molecule has 0 saturated heterocycles. The van der Waals surface area contributed by atoms with Gasteiger partial charge in [-0.1, -0.05) is 6.42 Å². The number of aromatic carboxylic acids is 1. The Morgan fingerprint density at radius 1 is 0.961 bits per heavy atom. The van der Waals surface area contributed by atoms with Gasteiger partial charge in [0.25, 0.3) is 5.91 Å². The lowest BCUT2D eigenvalue weighted by molar-refractivity contribution is -0.116. The standard InChI is InChI=1S/C39H36N6O5S/c1-44(2)25-11-14-28-32(20-25)50-33-21-26(45(3)4)12-15-29(33)37(28)30-18-23(9-13-27(30)39(48)49)38(47)41-17-7-5-6-8-35(46)42-24-10-16-31-34(19-24)51-36(22-40)43-31/h9-16,18-21H,5-8,17H2,1-4H3,(H2-,41,42,46,47,48,49)/p+1. The third-order valence-corrected chi connectivity index (χ3v) is 9.56. The van der Waals surface area contributed by atoms with Crippen LogP contribution in [0.1, 0.15) is 51.4 Å². The fourth-order valence-corrected chi connectivity index (χ4v) is 6.76.